The molecular weight excluding hydrogens is 478 g/mol. The number of fused-ring (bicyclic) bond motifs is 1. The molecule has 0 spiro atoms. The molecule has 0 aliphatic heterocycles. The molecule has 0 aliphatic carbocycles. The van der Waals surface area contributed by atoms with Crippen molar-refractivity contribution in [3.05, 3.63) is 93.1 Å². The number of rotatable bonds is 8. The summed E-state index contributed by atoms with van der Waals surface area (Å²) in [6.07, 6.45) is 1.52. The van der Waals surface area contributed by atoms with Crippen LogP contribution in [0.25, 0.3) is 10.9 Å². The molecular formula is C24H20ClN3O5S. The average Bonchev–Trinajstić information content (AvgIpc) is 3.37. The van der Waals surface area contributed by atoms with E-state index in [9.17, 15) is 14.4 Å². The number of nitrogens with one attached hydrogen (secondary N) is 1. The highest BCUT2D eigenvalue weighted by atomic mass is 35.5. The molecule has 2 aromatic heterocycles. The fourth-order valence-electron chi connectivity index (χ4n) is 3.24. The summed E-state index contributed by atoms with van der Waals surface area (Å²) in [6, 6.07) is 15.2. The molecule has 174 valence electrons. The minimum atomic E-state index is -0.528. The lowest BCUT2D eigenvalue weighted by Gasteiger charge is -2.13. The molecule has 1 N–H and O–H groups in total. The van der Waals surface area contributed by atoms with E-state index in [1.807, 2.05) is 12.1 Å². The summed E-state index contributed by atoms with van der Waals surface area (Å²) >= 11 is 7.01. The Labute approximate surface area is 203 Å². The number of esters is 1. The van der Waals surface area contributed by atoms with E-state index in [1.165, 1.54) is 30.1 Å². The van der Waals surface area contributed by atoms with Crippen LogP contribution >= 0.6 is 23.4 Å². The molecule has 34 heavy (non-hydrogen) atoms. The zero-order valence-corrected chi connectivity index (χ0v) is 19.7. The average molecular weight is 498 g/mol. The summed E-state index contributed by atoms with van der Waals surface area (Å²) in [7, 11) is 1.28. The van der Waals surface area contributed by atoms with Crippen LogP contribution in [0, 0.1) is 0 Å². The summed E-state index contributed by atoms with van der Waals surface area (Å²) in [4.78, 5) is 42.2. The number of halogens is 1. The van der Waals surface area contributed by atoms with Crippen molar-refractivity contribution in [3.8, 4) is 0 Å². The van der Waals surface area contributed by atoms with Gasteiger partial charge in [0.1, 0.15) is 5.76 Å². The van der Waals surface area contributed by atoms with Crippen molar-refractivity contribution in [2.45, 2.75) is 18.2 Å². The number of carbonyl (C=O) groups excluding carboxylic acids is 2. The van der Waals surface area contributed by atoms with Crippen LogP contribution in [0.3, 0.4) is 0 Å². The van der Waals surface area contributed by atoms with Crippen LogP contribution in [0.2, 0.25) is 5.02 Å². The van der Waals surface area contributed by atoms with E-state index in [0.29, 0.717) is 33.4 Å². The van der Waals surface area contributed by atoms with Crippen LogP contribution in [-0.2, 0) is 22.6 Å². The maximum atomic E-state index is 13.2. The lowest BCUT2D eigenvalue weighted by molar-refractivity contribution is -0.118. The summed E-state index contributed by atoms with van der Waals surface area (Å²) in [6.45, 7) is 0.506. The van der Waals surface area contributed by atoms with Gasteiger partial charge in [-0.15, -0.1) is 0 Å². The second kappa shape index (κ2) is 10.6. The van der Waals surface area contributed by atoms with Gasteiger partial charge < -0.3 is 14.5 Å². The number of nitrogens with zero attached hydrogens (tertiary/aromatic N) is 2. The fraction of sp³-hybridized carbons (Fsp3) is 0.167. The molecule has 1 amide bonds. The number of benzene rings is 2. The molecule has 4 rings (SSSR count). The second-order valence-electron chi connectivity index (χ2n) is 7.28. The van der Waals surface area contributed by atoms with Crippen LogP contribution in [0.15, 0.2) is 75.2 Å². The minimum absolute atomic E-state index is 0.0420. The van der Waals surface area contributed by atoms with Gasteiger partial charge in [-0.25, -0.2) is 9.78 Å². The highest BCUT2D eigenvalue weighted by Gasteiger charge is 2.16. The molecule has 8 nitrogen and oxygen atoms in total. The highest BCUT2D eigenvalue weighted by Crippen LogP contribution is 2.20. The number of aromatic nitrogens is 2. The van der Waals surface area contributed by atoms with Crippen molar-refractivity contribution < 1.29 is 18.7 Å². The van der Waals surface area contributed by atoms with Gasteiger partial charge in [0.15, 0.2) is 5.16 Å². The van der Waals surface area contributed by atoms with E-state index in [0.717, 1.165) is 17.3 Å². The van der Waals surface area contributed by atoms with Crippen molar-refractivity contribution in [3.63, 3.8) is 0 Å². The van der Waals surface area contributed by atoms with Gasteiger partial charge in [-0.2, -0.15) is 0 Å². The molecule has 0 saturated heterocycles. The molecule has 0 unspecified atom stereocenters. The van der Waals surface area contributed by atoms with Crippen LogP contribution in [0.5, 0.6) is 0 Å². The van der Waals surface area contributed by atoms with E-state index >= 15 is 0 Å². The number of hydrogen-bond donors (Lipinski definition) is 1. The molecule has 0 saturated carbocycles. The normalized spacial score (nSPS) is 10.9. The summed E-state index contributed by atoms with van der Waals surface area (Å²) in [5.74, 6) is -0.134. The predicted molar refractivity (Wildman–Crippen MR) is 129 cm³/mol. The first-order valence-corrected chi connectivity index (χ1v) is 11.6. The Balaban J connectivity index is 1.58. The Morgan fingerprint density at radius 3 is 2.68 bits per heavy atom. The van der Waals surface area contributed by atoms with Crippen molar-refractivity contribution in [1.82, 2.24) is 14.9 Å². The van der Waals surface area contributed by atoms with Gasteiger partial charge in [-0.1, -0.05) is 35.5 Å². The quantitative estimate of drug-likeness (QED) is 0.224. The predicted octanol–water partition coefficient (Wildman–Crippen LogP) is 3.89. The monoisotopic (exact) mass is 497 g/mol. The first-order chi connectivity index (χ1) is 16.4. The Morgan fingerprint density at radius 1 is 1.18 bits per heavy atom. The topological polar surface area (TPSA) is 103 Å². The number of methoxy groups -OCH3 is 1. The van der Waals surface area contributed by atoms with Gasteiger partial charge in [0, 0.05) is 11.6 Å². The Hall–Kier alpha value is -3.56. The molecule has 0 atom stereocenters. The number of thioether (sulfide) groups is 1. The number of furan rings is 1. The zero-order valence-electron chi connectivity index (χ0n) is 18.1. The molecule has 2 aromatic carbocycles. The first-order valence-electron chi connectivity index (χ1n) is 10.2. The van der Waals surface area contributed by atoms with E-state index in [2.05, 4.69) is 10.3 Å². The van der Waals surface area contributed by atoms with E-state index < -0.39 is 5.97 Å². The highest BCUT2D eigenvalue weighted by molar-refractivity contribution is 7.99. The van der Waals surface area contributed by atoms with Gasteiger partial charge in [-0.3, -0.25) is 14.2 Å². The van der Waals surface area contributed by atoms with Gasteiger partial charge in [0.2, 0.25) is 5.91 Å². The molecule has 0 radical (unpaired) electrons. The minimum Gasteiger partial charge on any atom is -0.467 e. The molecule has 0 fully saturated rings. The maximum Gasteiger partial charge on any atom is 0.337 e. The van der Waals surface area contributed by atoms with Gasteiger partial charge in [-0.05, 0) is 48.0 Å². The number of amides is 1. The largest absolute Gasteiger partial charge is 0.467 e. The molecule has 0 aliphatic rings. The van der Waals surface area contributed by atoms with E-state index in [4.69, 9.17) is 20.8 Å². The third kappa shape index (κ3) is 5.49. The van der Waals surface area contributed by atoms with Crippen molar-refractivity contribution >= 4 is 46.1 Å². The number of ether oxygens (including phenoxy) is 1. The van der Waals surface area contributed by atoms with Crippen molar-refractivity contribution in [2.24, 2.45) is 0 Å². The number of hydrogen-bond acceptors (Lipinski definition) is 7. The zero-order chi connectivity index (χ0) is 24.1. The molecule has 4 aromatic rings. The summed E-state index contributed by atoms with van der Waals surface area (Å²) < 4.78 is 11.6. The van der Waals surface area contributed by atoms with Crippen molar-refractivity contribution in [1.29, 1.82) is 0 Å². The Bertz CT molecular complexity index is 1380. The standard InChI is InChI=1S/C24H20ClN3O5S/c1-32-23(31)16-6-9-19-20(11-16)27-24(28(22(19)30)13-18-3-2-10-33-18)34-14-21(29)26-12-15-4-7-17(25)8-5-15/h2-11H,12-14H2,1H3,(H,26,29). The van der Waals surface area contributed by atoms with E-state index in [1.54, 1.807) is 30.3 Å². The lowest BCUT2D eigenvalue weighted by atomic mass is 10.1. The van der Waals surface area contributed by atoms with Crippen molar-refractivity contribution in [2.75, 3.05) is 12.9 Å². The van der Waals surface area contributed by atoms with Crippen LogP contribution in [-0.4, -0.2) is 34.3 Å². The van der Waals surface area contributed by atoms with E-state index in [-0.39, 0.29) is 29.3 Å². The maximum absolute atomic E-state index is 13.2. The fourth-order valence-corrected chi connectivity index (χ4v) is 4.19. The molecule has 0 bridgehead atoms. The Morgan fingerprint density at radius 2 is 1.97 bits per heavy atom. The van der Waals surface area contributed by atoms with Gasteiger partial charge in [0.05, 0.1) is 42.1 Å². The lowest BCUT2D eigenvalue weighted by Crippen LogP contribution is -2.27. The van der Waals surface area contributed by atoms with Crippen LogP contribution in [0.4, 0.5) is 0 Å². The van der Waals surface area contributed by atoms with Crippen LogP contribution < -0.4 is 10.9 Å². The second-order valence-corrected chi connectivity index (χ2v) is 8.66. The van der Waals surface area contributed by atoms with Crippen LogP contribution in [0.1, 0.15) is 21.7 Å². The molecule has 10 heteroatoms. The number of carbonyl (C=O) groups is 2. The SMILES string of the molecule is COC(=O)c1ccc2c(=O)n(Cc3ccco3)c(SCC(=O)NCc3ccc(Cl)cc3)nc2c1. The smallest absolute Gasteiger partial charge is 0.337 e. The first kappa shape index (κ1) is 23.6. The third-order valence-electron chi connectivity index (χ3n) is 4.97. The van der Waals surface area contributed by atoms with Gasteiger partial charge >= 0.3 is 5.97 Å². The summed E-state index contributed by atoms with van der Waals surface area (Å²) in [5.41, 5.74) is 1.23. The third-order valence-corrected chi connectivity index (χ3v) is 6.20. The Kier molecular flexibility index (Phi) is 7.34. The van der Waals surface area contributed by atoms with Gasteiger partial charge in [0.25, 0.3) is 5.56 Å². The summed E-state index contributed by atoms with van der Waals surface area (Å²) in [5, 5.41) is 4.14. The molecule has 2 heterocycles.